The lowest BCUT2D eigenvalue weighted by atomic mass is 9.78. The Morgan fingerprint density at radius 1 is 1.30 bits per heavy atom. The Bertz CT molecular complexity index is 672. The molecule has 1 unspecified atom stereocenters. The van der Waals surface area contributed by atoms with Crippen molar-refractivity contribution >= 4 is 5.69 Å². The van der Waals surface area contributed by atoms with Crippen molar-refractivity contribution in [2.75, 3.05) is 6.61 Å². The van der Waals surface area contributed by atoms with Gasteiger partial charge in [0.1, 0.15) is 5.82 Å². The van der Waals surface area contributed by atoms with Crippen molar-refractivity contribution in [1.82, 2.24) is 0 Å². The fourth-order valence-corrected chi connectivity index (χ4v) is 2.46. The van der Waals surface area contributed by atoms with E-state index in [0.29, 0.717) is 6.61 Å². The number of hydrogen-bond acceptors (Lipinski definition) is 3. The standard InChI is InChI=1S/C15H12FNO3/c16-12-5-6-14(17(18)19)15(8-12)20-9-11-7-10-3-1-2-4-13(10)11/h1-6,8,11H,7,9H2. The normalized spacial score (nSPS) is 16.1. The SMILES string of the molecule is O=[N+]([O-])c1ccc(F)cc1OCC1Cc2ccccc21. The topological polar surface area (TPSA) is 52.4 Å². The van der Waals surface area contributed by atoms with Gasteiger partial charge >= 0.3 is 5.69 Å². The van der Waals surface area contributed by atoms with Gasteiger partial charge in [-0.3, -0.25) is 10.1 Å². The zero-order valence-corrected chi connectivity index (χ0v) is 10.6. The molecule has 1 atom stereocenters. The van der Waals surface area contributed by atoms with Crippen LogP contribution >= 0.6 is 0 Å². The molecule has 20 heavy (non-hydrogen) atoms. The van der Waals surface area contributed by atoms with Gasteiger partial charge in [0.05, 0.1) is 11.5 Å². The van der Waals surface area contributed by atoms with Gasteiger partial charge in [-0.05, 0) is 23.6 Å². The van der Waals surface area contributed by atoms with Gasteiger partial charge in [-0.25, -0.2) is 4.39 Å². The van der Waals surface area contributed by atoms with Crippen LogP contribution in [-0.4, -0.2) is 11.5 Å². The van der Waals surface area contributed by atoms with E-state index in [2.05, 4.69) is 6.07 Å². The third-order valence-corrected chi connectivity index (χ3v) is 3.52. The molecule has 0 amide bonds. The second-order valence-corrected chi connectivity index (χ2v) is 4.78. The van der Waals surface area contributed by atoms with Gasteiger partial charge in [0.25, 0.3) is 0 Å². The molecule has 0 aromatic heterocycles. The molecule has 0 aliphatic heterocycles. The smallest absolute Gasteiger partial charge is 0.311 e. The van der Waals surface area contributed by atoms with Crippen LogP contribution in [0, 0.1) is 15.9 Å². The first-order valence-corrected chi connectivity index (χ1v) is 6.29. The van der Waals surface area contributed by atoms with Crippen LogP contribution < -0.4 is 4.74 Å². The van der Waals surface area contributed by atoms with E-state index in [9.17, 15) is 14.5 Å². The van der Waals surface area contributed by atoms with E-state index in [0.717, 1.165) is 24.6 Å². The summed E-state index contributed by atoms with van der Waals surface area (Å²) in [6.07, 6.45) is 0.888. The Morgan fingerprint density at radius 2 is 2.10 bits per heavy atom. The van der Waals surface area contributed by atoms with E-state index in [1.54, 1.807) is 0 Å². The van der Waals surface area contributed by atoms with Crippen LogP contribution in [0.2, 0.25) is 0 Å². The largest absolute Gasteiger partial charge is 0.486 e. The number of fused-ring (bicyclic) bond motifs is 1. The van der Waals surface area contributed by atoms with Crippen molar-refractivity contribution in [3.05, 3.63) is 69.5 Å². The van der Waals surface area contributed by atoms with Crippen molar-refractivity contribution in [1.29, 1.82) is 0 Å². The Balaban J connectivity index is 1.74. The molecule has 102 valence electrons. The molecule has 0 radical (unpaired) electrons. The van der Waals surface area contributed by atoms with Gasteiger partial charge in [0, 0.05) is 18.1 Å². The monoisotopic (exact) mass is 273 g/mol. The molecule has 0 saturated carbocycles. The molecule has 5 heteroatoms. The molecule has 1 aliphatic rings. The molecule has 2 aromatic carbocycles. The minimum absolute atomic E-state index is 0.0145. The first-order chi connectivity index (χ1) is 9.65. The molecular formula is C15H12FNO3. The van der Waals surface area contributed by atoms with E-state index < -0.39 is 10.7 Å². The lowest BCUT2D eigenvalue weighted by molar-refractivity contribution is -0.385. The number of rotatable bonds is 4. The molecular weight excluding hydrogens is 261 g/mol. The molecule has 0 fully saturated rings. The summed E-state index contributed by atoms with van der Waals surface area (Å²) in [5.41, 5.74) is 2.26. The number of nitro benzene ring substituents is 1. The highest BCUT2D eigenvalue weighted by molar-refractivity contribution is 5.46. The van der Waals surface area contributed by atoms with Crippen LogP contribution in [-0.2, 0) is 6.42 Å². The molecule has 0 bridgehead atoms. The molecule has 0 spiro atoms. The maximum atomic E-state index is 13.2. The third kappa shape index (κ3) is 2.22. The Labute approximate surface area is 115 Å². The van der Waals surface area contributed by atoms with Crippen molar-refractivity contribution in [2.24, 2.45) is 0 Å². The molecule has 1 aliphatic carbocycles. The van der Waals surface area contributed by atoms with Crippen molar-refractivity contribution in [3.8, 4) is 5.75 Å². The highest BCUT2D eigenvalue weighted by Crippen LogP contribution is 2.36. The maximum Gasteiger partial charge on any atom is 0.311 e. The lowest BCUT2D eigenvalue weighted by Crippen LogP contribution is -2.23. The van der Waals surface area contributed by atoms with Gasteiger partial charge in [0.15, 0.2) is 5.75 Å². The predicted molar refractivity (Wildman–Crippen MR) is 71.4 cm³/mol. The first kappa shape index (κ1) is 12.6. The summed E-state index contributed by atoms with van der Waals surface area (Å²) in [7, 11) is 0. The minimum Gasteiger partial charge on any atom is -0.486 e. The second kappa shape index (κ2) is 4.92. The van der Waals surface area contributed by atoms with E-state index >= 15 is 0 Å². The van der Waals surface area contributed by atoms with Crippen LogP contribution in [0.3, 0.4) is 0 Å². The zero-order chi connectivity index (χ0) is 14.1. The van der Waals surface area contributed by atoms with Crippen molar-refractivity contribution in [3.63, 3.8) is 0 Å². The molecule has 0 N–H and O–H groups in total. The molecule has 4 nitrogen and oxygen atoms in total. The van der Waals surface area contributed by atoms with E-state index in [1.165, 1.54) is 11.1 Å². The van der Waals surface area contributed by atoms with Crippen LogP contribution in [0.25, 0.3) is 0 Å². The zero-order valence-electron chi connectivity index (χ0n) is 10.6. The summed E-state index contributed by atoms with van der Waals surface area (Å²) in [5.74, 6) is -0.340. The number of nitro groups is 1. The molecule has 0 saturated heterocycles. The molecule has 0 heterocycles. The predicted octanol–water partition coefficient (Wildman–Crippen LogP) is 3.45. The number of ether oxygens (including phenoxy) is 1. The summed E-state index contributed by atoms with van der Waals surface area (Å²) in [6, 6.07) is 11.2. The van der Waals surface area contributed by atoms with Crippen LogP contribution in [0.1, 0.15) is 17.0 Å². The van der Waals surface area contributed by atoms with E-state index in [-0.39, 0.29) is 17.4 Å². The van der Waals surface area contributed by atoms with Gasteiger partial charge in [-0.2, -0.15) is 0 Å². The fourth-order valence-electron chi connectivity index (χ4n) is 2.46. The summed E-state index contributed by atoms with van der Waals surface area (Å²) in [6.45, 7) is 0.321. The summed E-state index contributed by atoms with van der Waals surface area (Å²) < 4.78 is 18.6. The highest BCUT2D eigenvalue weighted by Gasteiger charge is 2.27. The van der Waals surface area contributed by atoms with Gasteiger partial charge in [0.2, 0.25) is 0 Å². The fraction of sp³-hybridized carbons (Fsp3) is 0.200. The number of nitrogens with zero attached hydrogens (tertiary/aromatic N) is 1. The average Bonchev–Trinajstić information content (AvgIpc) is 2.39. The summed E-state index contributed by atoms with van der Waals surface area (Å²) >= 11 is 0. The van der Waals surface area contributed by atoms with E-state index in [4.69, 9.17) is 4.74 Å². The van der Waals surface area contributed by atoms with Crippen molar-refractivity contribution < 1.29 is 14.1 Å². The summed E-state index contributed by atoms with van der Waals surface area (Å²) in [5, 5.41) is 10.9. The maximum absolute atomic E-state index is 13.2. The van der Waals surface area contributed by atoms with Crippen LogP contribution in [0.5, 0.6) is 5.75 Å². The quantitative estimate of drug-likeness (QED) is 0.633. The van der Waals surface area contributed by atoms with Crippen molar-refractivity contribution in [2.45, 2.75) is 12.3 Å². The van der Waals surface area contributed by atoms with Gasteiger partial charge in [-0.1, -0.05) is 24.3 Å². The molecule has 3 rings (SSSR count). The molecule has 2 aromatic rings. The van der Waals surface area contributed by atoms with Gasteiger partial charge in [-0.15, -0.1) is 0 Å². The van der Waals surface area contributed by atoms with E-state index in [1.807, 2.05) is 18.2 Å². The highest BCUT2D eigenvalue weighted by atomic mass is 19.1. The minimum atomic E-state index is -0.566. The number of benzene rings is 2. The van der Waals surface area contributed by atoms with Gasteiger partial charge < -0.3 is 4.74 Å². The second-order valence-electron chi connectivity index (χ2n) is 4.78. The third-order valence-electron chi connectivity index (χ3n) is 3.52. The number of hydrogen-bond donors (Lipinski definition) is 0. The first-order valence-electron chi connectivity index (χ1n) is 6.29. The van der Waals surface area contributed by atoms with Crippen LogP contribution in [0.15, 0.2) is 42.5 Å². The Morgan fingerprint density at radius 3 is 2.85 bits per heavy atom. The summed E-state index contributed by atoms with van der Waals surface area (Å²) in [4.78, 5) is 10.3. The lowest BCUT2D eigenvalue weighted by Gasteiger charge is -2.29. The average molecular weight is 273 g/mol. The number of halogens is 1. The Kier molecular flexibility index (Phi) is 3.10. The van der Waals surface area contributed by atoms with Crippen LogP contribution in [0.4, 0.5) is 10.1 Å². The Hall–Kier alpha value is -2.43.